The highest BCUT2D eigenvalue weighted by molar-refractivity contribution is 7.89. The molecular weight excluding hydrogens is 312 g/mol. The van der Waals surface area contributed by atoms with E-state index in [1.54, 1.807) is 19.2 Å². The summed E-state index contributed by atoms with van der Waals surface area (Å²) in [6.07, 6.45) is 1.37. The van der Waals surface area contributed by atoms with E-state index in [9.17, 15) is 8.42 Å². The fourth-order valence-corrected chi connectivity index (χ4v) is 3.25. The fraction of sp³-hybridized carbons (Fsp3) is 0.214. The minimum Gasteiger partial charge on any atom is -0.497 e. The molecule has 0 saturated carbocycles. The molecule has 0 N–H and O–H groups in total. The number of aromatic nitrogens is 1. The molecule has 1 heterocycles. The van der Waals surface area contributed by atoms with Gasteiger partial charge in [-0.15, -0.1) is 0 Å². The van der Waals surface area contributed by atoms with Gasteiger partial charge < -0.3 is 4.74 Å². The molecule has 0 atom stereocenters. The number of hydrogen-bond acceptors (Lipinski definition) is 4. The summed E-state index contributed by atoms with van der Waals surface area (Å²) in [5.74, 6) is 0.685. The van der Waals surface area contributed by atoms with E-state index in [4.69, 9.17) is 16.3 Å². The van der Waals surface area contributed by atoms with Crippen LogP contribution in [0.25, 0.3) is 0 Å². The molecule has 0 bridgehead atoms. The van der Waals surface area contributed by atoms with Crippen LogP contribution in [0.5, 0.6) is 5.75 Å². The maximum Gasteiger partial charge on any atom is 0.243 e. The normalized spacial score (nSPS) is 11.6. The standard InChI is InChI=1S/C14H15ClN2O3S/c1-17(10-11-4-3-5-12(8-11)20-2)21(18,19)13-6-7-16-14(15)9-13/h3-9H,10H2,1-2H3. The van der Waals surface area contributed by atoms with Gasteiger partial charge in [0, 0.05) is 19.8 Å². The molecule has 7 heteroatoms. The minimum atomic E-state index is -3.61. The van der Waals surface area contributed by atoms with Crippen molar-refractivity contribution in [3.63, 3.8) is 0 Å². The Morgan fingerprint density at radius 1 is 1.29 bits per heavy atom. The molecule has 0 radical (unpaired) electrons. The number of ether oxygens (including phenoxy) is 1. The summed E-state index contributed by atoms with van der Waals surface area (Å²) in [6.45, 7) is 0.236. The van der Waals surface area contributed by atoms with E-state index >= 15 is 0 Å². The molecule has 2 aromatic rings. The molecule has 0 aliphatic rings. The number of rotatable bonds is 5. The van der Waals surface area contributed by atoms with Crippen LogP contribution in [0.15, 0.2) is 47.5 Å². The highest BCUT2D eigenvalue weighted by Gasteiger charge is 2.21. The van der Waals surface area contributed by atoms with Gasteiger partial charge in [-0.05, 0) is 29.8 Å². The number of benzene rings is 1. The lowest BCUT2D eigenvalue weighted by Crippen LogP contribution is -2.26. The van der Waals surface area contributed by atoms with Crippen LogP contribution in [0, 0.1) is 0 Å². The molecule has 112 valence electrons. The lowest BCUT2D eigenvalue weighted by molar-refractivity contribution is 0.412. The van der Waals surface area contributed by atoms with Crippen LogP contribution < -0.4 is 4.74 Å². The van der Waals surface area contributed by atoms with Crippen LogP contribution >= 0.6 is 11.6 Å². The van der Waals surface area contributed by atoms with E-state index in [2.05, 4.69) is 4.98 Å². The number of pyridine rings is 1. The second-order valence-electron chi connectivity index (χ2n) is 4.43. The lowest BCUT2D eigenvalue weighted by atomic mass is 10.2. The van der Waals surface area contributed by atoms with Gasteiger partial charge in [-0.1, -0.05) is 23.7 Å². The van der Waals surface area contributed by atoms with Crippen molar-refractivity contribution in [2.24, 2.45) is 0 Å². The smallest absolute Gasteiger partial charge is 0.243 e. The number of methoxy groups -OCH3 is 1. The van der Waals surface area contributed by atoms with E-state index in [1.165, 1.54) is 29.7 Å². The van der Waals surface area contributed by atoms with Crippen LogP contribution in [0.1, 0.15) is 5.56 Å². The Balaban J connectivity index is 2.24. The zero-order chi connectivity index (χ0) is 15.5. The van der Waals surface area contributed by atoms with Crippen LogP contribution in [-0.2, 0) is 16.6 Å². The molecule has 0 spiro atoms. The van der Waals surface area contributed by atoms with Crippen LogP contribution in [0.2, 0.25) is 5.15 Å². The Labute approximate surface area is 129 Å². The molecule has 1 aromatic carbocycles. The van der Waals surface area contributed by atoms with Gasteiger partial charge in [-0.25, -0.2) is 13.4 Å². The summed E-state index contributed by atoms with van der Waals surface area (Å²) >= 11 is 5.74. The Kier molecular flexibility index (Phi) is 4.82. The molecule has 5 nitrogen and oxygen atoms in total. The van der Waals surface area contributed by atoms with Crippen molar-refractivity contribution in [2.45, 2.75) is 11.4 Å². The van der Waals surface area contributed by atoms with E-state index in [1.807, 2.05) is 12.1 Å². The maximum absolute atomic E-state index is 12.5. The molecule has 1 aromatic heterocycles. The zero-order valence-electron chi connectivity index (χ0n) is 11.7. The third-order valence-corrected chi connectivity index (χ3v) is 4.95. The molecule has 21 heavy (non-hydrogen) atoms. The van der Waals surface area contributed by atoms with Gasteiger partial charge in [0.25, 0.3) is 0 Å². The van der Waals surface area contributed by atoms with Crippen LogP contribution in [-0.4, -0.2) is 31.9 Å². The first-order valence-electron chi connectivity index (χ1n) is 6.14. The van der Waals surface area contributed by atoms with Crippen molar-refractivity contribution in [2.75, 3.05) is 14.2 Å². The van der Waals surface area contributed by atoms with Crippen LogP contribution in [0.4, 0.5) is 0 Å². The average Bonchev–Trinajstić information content (AvgIpc) is 2.47. The van der Waals surface area contributed by atoms with Crippen molar-refractivity contribution >= 4 is 21.6 Å². The highest BCUT2D eigenvalue weighted by atomic mass is 35.5. The van der Waals surface area contributed by atoms with Gasteiger partial charge in [0.05, 0.1) is 12.0 Å². The molecule has 0 aliphatic carbocycles. The predicted octanol–water partition coefficient (Wildman–Crippen LogP) is 2.56. The SMILES string of the molecule is COc1cccc(CN(C)S(=O)(=O)c2ccnc(Cl)c2)c1. The zero-order valence-corrected chi connectivity index (χ0v) is 13.2. The van der Waals surface area contributed by atoms with Crippen LogP contribution in [0.3, 0.4) is 0 Å². The first-order valence-corrected chi connectivity index (χ1v) is 7.96. The second-order valence-corrected chi connectivity index (χ2v) is 6.86. The lowest BCUT2D eigenvalue weighted by Gasteiger charge is -2.17. The van der Waals surface area contributed by atoms with E-state index in [0.717, 1.165) is 5.56 Å². The fourth-order valence-electron chi connectivity index (χ4n) is 1.84. The van der Waals surface area contributed by atoms with Gasteiger partial charge in [0.15, 0.2) is 0 Å². The monoisotopic (exact) mass is 326 g/mol. The number of halogens is 1. The molecule has 0 saturated heterocycles. The van der Waals surface area contributed by atoms with Crippen molar-refractivity contribution in [1.29, 1.82) is 0 Å². The third kappa shape index (κ3) is 3.72. The van der Waals surface area contributed by atoms with E-state index in [-0.39, 0.29) is 16.6 Å². The Morgan fingerprint density at radius 3 is 2.71 bits per heavy atom. The first kappa shape index (κ1) is 15.8. The third-order valence-electron chi connectivity index (χ3n) is 2.95. The first-order chi connectivity index (χ1) is 9.93. The Hall–Kier alpha value is -1.63. The molecule has 0 fully saturated rings. The van der Waals surface area contributed by atoms with Gasteiger partial charge in [0.2, 0.25) is 10.0 Å². The average molecular weight is 327 g/mol. The number of nitrogens with zero attached hydrogens (tertiary/aromatic N) is 2. The second kappa shape index (κ2) is 6.43. The summed E-state index contributed by atoms with van der Waals surface area (Å²) < 4.78 is 31.3. The summed E-state index contributed by atoms with van der Waals surface area (Å²) in [6, 6.07) is 10.0. The van der Waals surface area contributed by atoms with Gasteiger partial charge in [0.1, 0.15) is 10.9 Å². The topological polar surface area (TPSA) is 59.5 Å². The summed E-state index contributed by atoms with van der Waals surface area (Å²) in [5, 5.41) is 0.144. The number of sulfonamides is 1. The molecular formula is C14H15ClN2O3S. The maximum atomic E-state index is 12.5. The van der Waals surface area contributed by atoms with Crippen molar-refractivity contribution in [3.05, 3.63) is 53.3 Å². The van der Waals surface area contributed by atoms with E-state index in [0.29, 0.717) is 5.75 Å². The predicted molar refractivity (Wildman–Crippen MR) is 80.9 cm³/mol. The van der Waals surface area contributed by atoms with Gasteiger partial charge >= 0.3 is 0 Å². The highest BCUT2D eigenvalue weighted by Crippen LogP contribution is 2.20. The van der Waals surface area contributed by atoms with E-state index < -0.39 is 10.0 Å². The van der Waals surface area contributed by atoms with Gasteiger partial charge in [-0.2, -0.15) is 4.31 Å². The van der Waals surface area contributed by atoms with Crippen molar-refractivity contribution < 1.29 is 13.2 Å². The molecule has 0 amide bonds. The Bertz CT molecular complexity index is 735. The summed E-state index contributed by atoms with van der Waals surface area (Å²) in [4.78, 5) is 3.90. The van der Waals surface area contributed by atoms with Crippen molar-refractivity contribution in [3.8, 4) is 5.75 Å². The largest absolute Gasteiger partial charge is 0.497 e. The summed E-state index contributed by atoms with van der Waals surface area (Å²) in [7, 11) is -0.526. The number of hydrogen-bond donors (Lipinski definition) is 0. The quantitative estimate of drug-likeness (QED) is 0.792. The van der Waals surface area contributed by atoms with Crippen molar-refractivity contribution in [1.82, 2.24) is 9.29 Å². The Morgan fingerprint density at radius 2 is 2.05 bits per heavy atom. The molecule has 0 unspecified atom stereocenters. The minimum absolute atomic E-state index is 0.118. The molecule has 2 rings (SSSR count). The van der Waals surface area contributed by atoms with Gasteiger partial charge in [-0.3, -0.25) is 0 Å². The summed E-state index contributed by atoms with van der Waals surface area (Å²) in [5.41, 5.74) is 0.834. The molecule has 0 aliphatic heterocycles.